The lowest BCUT2D eigenvalue weighted by molar-refractivity contribution is 0.102. The molecule has 1 aromatic heterocycles. The maximum absolute atomic E-state index is 4.31. The zero-order chi connectivity index (χ0) is 14.5. The smallest absolute Gasteiger partial charge is 0.168 e. The lowest BCUT2D eigenvalue weighted by atomic mass is 10.1. The minimum atomic E-state index is 0.353. The normalized spacial score (nSPS) is 19.6. The molecule has 114 valence electrons. The second-order valence-electron chi connectivity index (χ2n) is 6.21. The quantitative estimate of drug-likeness (QED) is 0.789. The Labute approximate surface area is 122 Å². The van der Waals surface area contributed by atoms with Crippen molar-refractivity contribution in [2.75, 3.05) is 33.2 Å². The van der Waals surface area contributed by atoms with Crippen molar-refractivity contribution in [1.82, 2.24) is 30.0 Å². The van der Waals surface area contributed by atoms with E-state index in [1.54, 1.807) is 0 Å². The van der Waals surface area contributed by atoms with E-state index in [4.69, 9.17) is 0 Å². The molecule has 0 unspecified atom stereocenters. The molecule has 0 amide bonds. The standard InChI is InChI=1S/C14H28N6/c1-5-13(19-10-8-18(4)9-11-19)14-15-16-17-20(14)7-6-12(2)3/h12-13H,5-11H2,1-4H3/t13-/m0/s1. The minimum absolute atomic E-state index is 0.353. The number of tetrazole rings is 1. The number of piperazine rings is 1. The molecule has 0 N–H and O–H groups in total. The van der Waals surface area contributed by atoms with E-state index in [9.17, 15) is 0 Å². The van der Waals surface area contributed by atoms with Crippen molar-refractivity contribution in [1.29, 1.82) is 0 Å². The number of rotatable bonds is 6. The van der Waals surface area contributed by atoms with Crippen LogP contribution >= 0.6 is 0 Å². The summed E-state index contributed by atoms with van der Waals surface area (Å²) in [6.45, 7) is 12.1. The minimum Gasteiger partial charge on any atom is -0.304 e. The van der Waals surface area contributed by atoms with Crippen molar-refractivity contribution in [2.24, 2.45) is 5.92 Å². The molecule has 6 nitrogen and oxygen atoms in total. The van der Waals surface area contributed by atoms with Crippen LogP contribution in [0, 0.1) is 5.92 Å². The Kier molecular flexibility index (Phi) is 5.48. The van der Waals surface area contributed by atoms with Crippen molar-refractivity contribution < 1.29 is 0 Å². The van der Waals surface area contributed by atoms with Gasteiger partial charge in [-0.3, -0.25) is 4.90 Å². The summed E-state index contributed by atoms with van der Waals surface area (Å²) in [6, 6.07) is 0.353. The molecular formula is C14H28N6. The first-order valence-corrected chi connectivity index (χ1v) is 7.80. The van der Waals surface area contributed by atoms with Crippen molar-refractivity contribution in [3.8, 4) is 0 Å². The predicted octanol–water partition coefficient (Wildman–Crippen LogP) is 1.42. The second kappa shape index (κ2) is 7.13. The van der Waals surface area contributed by atoms with Gasteiger partial charge in [0.2, 0.25) is 0 Å². The Morgan fingerprint density at radius 1 is 1.15 bits per heavy atom. The van der Waals surface area contributed by atoms with Crippen LogP contribution in [0.3, 0.4) is 0 Å². The third kappa shape index (κ3) is 3.76. The molecular weight excluding hydrogens is 252 g/mol. The number of likely N-dealkylation sites (N-methyl/N-ethyl adjacent to an activating group) is 1. The highest BCUT2D eigenvalue weighted by molar-refractivity contribution is 4.94. The van der Waals surface area contributed by atoms with Crippen molar-refractivity contribution in [3.63, 3.8) is 0 Å². The summed E-state index contributed by atoms with van der Waals surface area (Å²) in [5, 5.41) is 12.4. The maximum Gasteiger partial charge on any atom is 0.168 e. The van der Waals surface area contributed by atoms with E-state index in [1.807, 2.05) is 4.68 Å². The van der Waals surface area contributed by atoms with Crippen LogP contribution in [0.2, 0.25) is 0 Å². The van der Waals surface area contributed by atoms with Gasteiger partial charge in [0.25, 0.3) is 0 Å². The first kappa shape index (κ1) is 15.4. The zero-order valence-corrected chi connectivity index (χ0v) is 13.3. The average molecular weight is 280 g/mol. The summed E-state index contributed by atoms with van der Waals surface area (Å²) >= 11 is 0. The fourth-order valence-electron chi connectivity index (χ4n) is 2.73. The maximum atomic E-state index is 4.31. The molecule has 1 aromatic rings. The van der Waals surface area contributed by atoms with Crippen molar-refractivity contribution >= 4 is 0 Å². The molecule has 2 rings (SSSR count). The molecule has 0 aliphatic carbocycles. The highest BCUT2D eigenvalue weighted by Crippen LogP contribution is 2.23. The first-order valence-electron chi connectivity index (χ1n) is 7.80. The molecule has 0 aromatic carbocycles. The van der Waals surface area contributed by atoms with Crippen LogP contribution in [-0.4, -0.2) is 63.2 Å². The molecule has 1 saturated heterocycles. The Morgan fingerprint density at radius 2 is 1.85 bits per heavy atom. The highest BCUT2D eigenvalue weighted by atomic mass is 15.5. The van der Waals surface area contributed by atoms with E-state index in [0.717, 1.165) is 51.4 Å². The number of aromatic nitrogens is 4. The Hall–Kier alpha value is -1.01. The van der Waals surface area contributed by atoms with Gasteiger partial charge in [-0.25, -0.2) is 4.68 Å². The van der Waals surface area contributed by atoms with Gasteiger partial charge in [0.15, 0.2) is 5.82 Å². The third-order valence-electron chi connectivity index (χ3n) is 4.14. The average Bonchev–Trinajstić information content (AvgIpc) is 2.88. The van der Waals surface area contributed by atoms with Crippen LogP contribution in [0.25, 0.3) is 0 Å². The molecule has 1 aliphatic rings. The molecule has 2 heterocycles. The summed E-state index contributed by atoms with van der Waals surface area (Å²) in [6.07, 6.45) is 2.18. The van der Waals surface area contributed by atoms with Crippen molar-refractivity contribution in [2.45, 2.75) is 46.2 Å². The summed E-state index contributed by atoms with van der Waals surface area (Å²) in [7, 11) is 2.19. The lowest BCUT2D eigenvalue weighted by Gasteiger charge is -2.36. The van der Waals surface area contributed by atoms with Gasteiger partial charge < -0.3 is 4.90 Å². The molecule has 1 fully saturated rings. The molecule has 0 spiro atoms. The number of aryl methyl sites for hydroxylation is 1. The van der Waals surface area contributed by atoms with E-state index in [0.29, 0.717) is 12.0 Å². The van der Waals surface area contributed by atoms with Gasteiger partial charge >= 0.3 is 0 Å². The highest BCUT2D eigenvalue weighted by Gasteiger charge is 2.26. The van der Waals surface area contributed by atoms with Crippen molar-refractivity contribution in [3.05, 3.63) is 5.82 Å². The van der Waals surface area contributed by atoms with Crippen LogP contribution in [0.15, 0.2) is 0 Å². The SMILES string of the molecule is CC[C@@H](c1nnnn1CCC(C)C)N1CCN(C)CC1. The molecule has 6 heteroatoms. The van der Waals surface area contributed by atoms with E-state index in [1.165, 1.54) is 0 Å². The Morgan fingerprint density at radius 3 is 2.45 bits per heavy atom. The first-order chi connectivity index (χ1) is 9.61. The van der Waals surface area contributed by atoms with Crippen LogP contribution in [0.4, 0.5) is 0 Å². The summed E-state index contributed by atoms with van der Waals surface area (Å²) in [5.74, 6) is 1.72. The zero-order valence-electron chi connectivity index (χ0n) is 13.3. The monoisotopic (exact) mass is 280 g/mol. The van der Waals surface area contributed by atoms with Gasteiger partial charge in [0.1, 0.15) is 0 Å². The van der Waals surface area contributed by atoms with E-state index >= 15 is 0 Å². The predicted molar refractivity (Wildman–Crippen MR) is 79.4 cm³/mol. The number of hydrogen-bond donors (Lipinski definition) is 0. The van der Waals surface area contributed by atoms with Gasteiger partial charge in [0.05, 0.1) is 6.04 Å². The van der Waals surface area contributed by atoms with Crippen LogP contribution in [0.1, 0.15) is 45.5 Å². The number of hydrogen-bond acceptors (Lipinski definition) is 5. The van der Waals surface area contributed by atoms with Gasteiger partial charge in [0, 0.05) is 32.7 Å². The van der Waals surface area contributed by atoms with Gasteiger partial charge in [-0.05, 0) is 36.2 Å². The van der Waals surface area contributed by atoms with Gasteiger partial charge in [-0.15, -0.1) is 5.10 Å². The largest absolute Gasteiger partial charge is 0.304 e. The van der Waals surface area contributed by atoms with E-state index in [2.05, 4.69) is 53.1 Å². The molecule has 0 bridgehead atoms. The number of nitrogens with zero attached hydrogens (tertiary/aromatic N) is 6. The van der Waals surface area contributed by atoms with Crippen LogP contribution in [0.5, 0.6) is 0 Å². The fraction of sp³-hybridized carbons (Fsp3) is 0.929. The third-order valence-corrected chi connectivity index (χ3v) is 4.14. The van der Waals surface area contributed by atoms with Gasteiger partial charge in [-0.2, -0.15) is 0 Å². The molecule has 20 heavy (non-hydrogen) atoms. The van der Waals surface area contributed by atoms with E-state index < -0.39 is 0 Å². The summed E-state index contributed by atoms with van der Waals surface area (Å²) in [5.41, 5.74) is 0. The molecule has 1 aliphatic heterocycles. The second-order valence-corrected chi connectivity index (χ2v) is 6.21. The van der Waals surface area contributed by atoms with Gasteiger partial charge in [-0.1, -0.05) is 20.8 Å². The van der Waals surface area contributed by atoms with E-state index in [-0.39, 0.29) is 0 Å². The Balaban J connectivity index is 2.05. The van der Waals surface area contributed by atoms with Crippen LogP contribution < -0.4 is 0 Å². The van der Waals surface area contributed by atoms with Crippen LogP contribution in [-0.2, 0) is 6.54 Å². The topological polar surface area (TPSA) is 50.1 Å². The molecule has 1 atom stereocenters. The lowest BCUT2D eigenvalue weighted by Crippen LogP contribution is -2.46. The Bertz CT molecular complexity index is 394. The molecule has 0 radical (unpaired) electrons. The fourth-order valence-corrected chi connectivity index (χ4v) is 2.73. The summed E-state index contributed by atoms with van der Waals surface area (Å²) in [4.78, 5) is 4.91. The molecule has 0 saturated carbocycles. The summed E-state index contributed by atoms with van der Waals surface area (Å²) < 4.78 is 2.01.